The second-order valence-corrected chi connectivity index (χ2v) is 5.88. The van der Waals surface area contributed by atoms with Crippen molar-refractivity contribution in [3.63, 3.8) is 0 Å². The molecule has 20 heavy (non-hydrogen) atoms. The molecule has 1 aliphatic heterocycles. The summed E-state index contributed by atoms with van der Waals surface area (Å²) in [6.45, 7) is 10.5. The Kier molecular flexibility index (Phi) is 5.86. The van der Waals surface area contributed by atoms with Gasteiger partial charge in [-0.1, -0.05) is 26.0 Å². The summed E-state index contributed by atoms with van der Waals surface area (Å²) in [6, 6.07) is 9.44. The minimum absolute atomic E-state index is 0.414. The normalized spacial score (nSPS) is 18.7. The van der Waals surface area contributed by atoms with Crippen LogP contribution in [0.15, 0.2) is 24.3 Å². The van der Waals surface area contributed by atoms with Gasteiger partial charge in [-0.25, -0.2) is 0 Å². The molecule has 112 valence electrons. The van der Waals surface area contributed by atoms with E-state index >= 15 is 0 Å². The molecule has 0 spiro atoms. The van der Waals surface area contributed by atoms with Crippen LogP contribution in [0.3, 0.4) is 0 Å². The van der Waals surface area contributed by atoms with Crippen LogP contribution in [0.2, 0.25) is 0 Å². The molecule has 0 aliphatic carbocycles. The molecule has 1 saturated heterocycles. The van der Waals surface area contributed by atoms with Gasteiger partial charge in [0.05, 0.1) is 6.10 Å². The Labute approximate surface area is 123 Å². The van der Waals surface area contributed by atoms with Crippen LogP contribution in [0.1, 0.15) is 39.2 Å². The first-order valence-corrected chi connectivity index (χ1v) is 7.88. The zero-order valence-electron chi connectivity index (χ0n) is 13.1. The molecule has 1 unspecified atom stereocenters. The van der Waals surface area contributed by atoms with Gasteiger partial charge in [0.25, 0.3) is 0 Å². The minimum atomic E-state index is 0.414. The van der Waals surface area contributed by atoms with E-state index in [4.69, 9.17) is 4.74 Å². The van der Waals surface area contributed by atoms with Crippen LogP contribution in [-0.2, 0) is 11.3 Å². The van der Waals surface area contributed by atoms with Gasteiger partial charge < -0.3 is 15.0 Å². The molecule has 1 N–H and O–H groups in total. The van der Waals surface area contributed by atoms with Crippen LogP contribution in [0, 0.1) is 0 Å². The second-order valence-electron chi connectivity index (χ2n) is 5.88. The zero-order valence-corrected chi connectivity index (χ0v) is 13.1. The number of rotatable bonds is 7. The van der Waals surface area contributed by atoms with E-state index in [1.54, 1.807) is 0 Å². The first-order valence-electron chi connectivity index (χ1n) is 7.88. The Morgan fingerprint density at radius 2 is 2.05 bits per heavy atom. The average Bonchev–Trinajstić information content (AvgIpc) is 2.96. The van der Waals surface area contributed by atoms with Crippen LogP contribution in [0.25, 0.3) is 0 Å². The van der Waals surface area contributed by atoms with E-state index in [1.165, 1.54) is 24.1 Å². The van der Waals surface area contributed by atoms with Crippen molar-refractivity contribution in [2.24, 2.45) is 0 Å². The maximum absolute atomic E-state index is 5.74. The molecule has 0 aromatic heterocycles. The van der Waals surface area contributed by atoms with Gasteiger partial charge in [0, 0.05) is 38.0 Å². The smallest absolute Gasteiger partial charge is 0.0750 e. The molecule has 0 radical (unpaired) electrons. The van der Waals surface area contributed by atoms with Gasteiger partial charge in [-0.05, 0) is 37.5 Å². The molecule has 0 bridgehead atoms. The zero-order chi connectivity index (χ0) is 14.4. The maximum atomic E-state index is 5.74. The molecule has 0 saturated carbocycles. The fourth-order valence-electron chi connectivity index (χ4n) is 2.60. The second kappa shape index (κ2) is 7.65. The van der Waals surface area contributed by atoms with E-state index in [2.05, 4.69) is 55.3 Å². The number of nitrogens with zero attached hydrogens (tertiary/aromatic N) is 1. The van der Waals surface area contributed by atoms with Crippen LogP contribution >= 0.6 is 0 Å². The molecule has 1 heterocycles. The van der Waals surface area contributed by atoms with Crippen LogP contribution < -0.4 is 10.2 Å². The number of benzene rings is 1. The number of ether oxygens (including phenoxy) is 1. The molecule has 2 rings (SSSR count). The molecule has 1 aliphatic rings. The highest BCUT2D eigenvalue weighted by Crippen LogP contribution is 2.19. The van der Waals surface area contributed by atoms with Crippen molar-refractivity contribution < 1.29 is 4.74 Å². The van der Waals surface area contributed by atoms with E-state index in [-0.39, 0.29) is 0 Å². The van der Waals surface area contributed by atoms with E-state index in [1.807, 2.05) is 0 Å². The van der Waals surface area contributed by atoms with Crippen molar-refractivity contribution in [1.82, 2.24) is 5.32 Å². The molecule has 3 heteroatoms. The van der Waals surface area contributed by atoms with Gasteiger partial charge in [0.2, 0.25) is 0 Å². The summed E-state index contributed by atoms with van der Waals surface area (Å²) >= 11 is 0. The molecular formula is C17H28N2O. The van der Waals surface area contributed by atoms with E-state index in [0.29, 0.717) is 12.1 Å². The topological polar surface area (TPSA) is 24.5 Å². The lowest BCUT2D eigenvalue weighted by Gasteiger charge is -2.26. The van der Waals surface area contributed by atoms with E-state index in [9.17, 15) is 0 Å². The predicted molar refractivity (Wildman–Crippen MR) is 85.3 cm³/mol. The van der Waals surface area contributed by atoms with Crippen molar-refractivity contribution in [3.05, 3.63) is 29.8 Å². The third kappa shape index (κ3) is 4.50. The number of nitrogens with one attached hydrogen (secondary N) is 1. The SMILES string of the molecule is CCN(CC1CCCO1)c1ccc(CNC(C)C)cc1. The highest BCUT2D eigenvalue weighted by molar-refractivity contribution is 5.47. The van der Waals surface area contributed by atoms with Crippen molar-refractivity contribution in [2.75, 3.05) is 24.6 Å². The van der Waals surface area contributed by atoms with Gasteiger partial charge in [0.1, 0.15) is 0 Å². The Bertz CT molecular complexity index is 382. The largest absolute Gasteiger partial charge is 0.376 e. The van der Waals surface area contributed by atoms with Crippen molar-refractivity contribution in [2.45, 2.75) is 52.3 Å². The van der Waals surface area contributed by atoms with Crippen LogP contribution in [0.4, 0.5) is 5.69 Å². The summed E-state index contributed by atoms with van der Waals surface area (Å²) in [7, 11) is 0. The number of hydrogen-bond donors (Lipinski definition) is 1. The number of anilines is 1. The lowest BCUT2D eigenvalue weighted by Crippen LogP contribution is -2.32. The van der Waals surface area contributed by atoms with Crippen molar-refractivity contribution >= 4 is 5.69 Å². The lowest BCUT2D eigenvalue weighted by molar-refractivity contribution is 0.115. The van der Waals surface area contributed by atoms with Crippen LogP contribution in [-0.4, -0.2) is 31.8 Å². The van der Waals surface area contributed by atoms with Crippen LogP contribution in [0.5, 0.6) is 0 Å². The van der Waals surface area contributed by atoms with Gasteiger partial charge in [-0.2, -0.15) is 0 Å². The fourth-order valence-corrected chi connectivity index (χ4v) is 2.60. The number of likely N-dealkylation sites (N-methyl/N-ethyl adjacent to an activating group) is 1. The Morgan fingerprint density at radius 3 is 2.60 bits per heavy atom. The summed E-state index contributed by atoms with van der Waals surface area (Å²) < 4.78 is 5.74. The average molecular weight is 276 g/mol. The first-order chi connectivity index (χ1) is 9.69. The maximum Gasteiger partial charge on any atom is 0.0750 e. The summed E-state index contributed by atoms with van der Waals surface area (Å²) in [5, 5.41) is 3.45. The van der Waals surface area contributed by atoms with Gasteiger partial charge in [0.15, 0.2) is 0 Å². The summed E-state index contributed by atoms with van der Waals surface area (Å²) in [5.41, 5.74) is 2.65. The summed E-state index contributed by atoms with van der Waals surface area (Å²) in [4.78, 5) is 2.41. The van der Waals surface area contributed by atoms with E-state index < -0.39 is 0 Å². The van der Waals surface area contributed by atoms with Crippen molar-refractivity contribution in [3.8, 4) is 0 Å². The third-order valence-corrected chi connectivity index (χ3v) is 3.85. The molecular weight excluding hydrogens is 248 g/mol. The molecule has 3 nitrogen and oxygen atoms in total. The molecule has 1 atom stereocenters. The standard InChI is InChI=1S/C17H28N2O/c1-4-19(13-17-6-5-11-20-17)16-9-7-15(8-10-16)12-18-14(2)3/h7-10,14,17-18H,4-6,11-13H2,1-3H3. The van der Waals surface area contributed by atoms with Gasteiger partial charge >= 0.3 is 0 Å². The van der Waals surface area contributed by atoms with Gasteiger partial charge in [-0.15, -0.1) is 0 Å². The number of hydrogen-bond acceptors (Lipinski definition) is 3. The first kappa shape index (κ1) is 15.3. The molecule has 1 aromatic carbocycles. The lowest BCUT2D eigenvalue weighted by atomic mass is 10.1. The monoisotopic (exact) mass is 276 g/mol. The highest BCUT2D eigenvalue weighted by Gasteiger charge is 2.18. The predicted octanol–water partition coefficient (Wildman–Crippen LogP) is 3.19. The van der Waals surface area contributed by atoms with E-state index in [0.717, 1.165) is 26.2 Å². The third-order valence-electron chi connectivity index (χ3n) is 3.85. The molecule has 0 amide bonds. The fraction of sp³-hybridized carbons (Fsp3) is 0.647. The highest BCUT2D eigenvalue weighted by atomic mass is 16.5. The molecule has 1 aromatic rings. The Balaban J connectivity index is 1.92. The van der Waals surface area contributed by atoms with Crippen molar-refractivity contribution in [1.29, 1.82) is 0 Å². The van der Waals surface area contributed by atoms with Gasteiger partial charge in [-0.3, -0.25) is 0 Å². The quantitative estimate of drug-likeness (QED) is 0.828. The Hall–Kier alpha value is -1.06. The summed E-state index contributed by atoms with van der Waals surface area (Å²) in [5.74, 6) is 0. The summed E-state index contributed by atoms with van der Waals surface area (Å²) in [6.07, 6.45) is 2.83. The minimum Gasteiger partial charge on any atom is -0.376 e. The molecule has 1 fully saturated rings. The Morgan fingerprint density at radius 1 is 1.30 bits per heavy atom.